The summed E-state index contributed by atoms with van der Waals surface area (Å²) in [5.74, 6) is -0.281. The van der Waals surface area contributed by atoms with E-state index in [0.29, 0.717) is 19.5 Å². The number of carbonyl (C=O) groups is 2. The summed E-state index contributed by atoms with van der Waals surface area (Å²) in [5.41, 5.74) is 1.89. The van der Waals surface area contributed by atoms with Gasteiger partial charge in [0.05, 0.1) is 0 Å². The number of piperazine rings is 1. The van der Waals surface area contributed by atoms with Crippen molar-refractivity contribution in [2.45, 2.75) is 25.3 Å². The van der Waals surface area contributed by atoms with Crippen molar-refractivity contribution in [3.05, 3.63) is 66.0 Å². The van der Waals surface area contributed by atoms with Crippen molar-refractivity contribution in [1.82, 2.24) is 15.1 Å². The summed E-state index contributed by atoms with van der Waals surface area (Å²) >= 11 is 0. The van der Waals surface area contributed by atoms with Gasteiger partial charge >= 0.3 is 0 Å². The number of carbonyl (C=O) groups excluding carboxylic acids is 2. The number of likely N-dealkylation sites (tertiary alicyclic amines) is 1. The number of anilines is 1. The maximum Gasteiger partial charge on any atom is 0.247 e. The highest BCUT2D eigenvalue weighted by atomic mass is 19.1. The van der Waals surface area contributed by atoms with Crippen LogP contribution in [0.3, 0.4) is 0 Å². The van der Waals surface area contributed by atoms with Crippen molar-refractivity contribution < 1.29 is 14.0 Å². The van der Waals surface area contributed by atoms with Crippen LogP contribution < -0.4 is 10.2 Å². The molecular weight excluding hydrogens is 407 g/mol. The largest absolute Gasteiger partial charge is 0.369 e. The van der Waals surface area contributed by atoms with E-state index in [1.807, 2.05) is 42.5 Å². The Labute approximate surface area is 189 Å². The SMILES string of the molecule is O=C(NCCN1CCN(c2ccc(F)cc2)CC1)C(c1ccccc1)N1CCCCC1=O. The van der Waals surface area contributed by atoms with Crippen molar-refractivity contribution in [2.24, 2.45) is 0 Å². The van der Waals surface area contributed by atoms with Crippen LogP contribution in [-0.2, 0) is 9.59 Å². The van der Waals surface area contributed by atoms with Gasteiger partial charge in [-0.3, -0.25) is 14.5 Å². The van der Waals surface area contributed by atoms with Crippen molar-refractivity contribution in [1.29, 1.82) is 0 Å². The van der Waals surface area contributed by atoms with Crippen LogP contribution in [0.1, 0.15) is 30.9 Å². The third-order valence-electron chi connectivity index (χ3n) is 6.33. The first-order valence-electron chi connectivity index (χ1n) is 11.5. The predicted molar refractivity (Wildman–Crippen MR) is 123 cm³/mol. The third kappa shape index (κ3) is 5.46. The molecule has 0 aromatic heterocycles. The molecule has 0 radical (unpaired) electrons. The highest BCUT2D eigenvalue weighted by Gasteiger charge is 2.32. The van der Waals surface area contributed by atoms with Crippen LogP contribution in [0.4, 0.5) is 10.1 Å². The van der Waals surface area contributed by atoms with Crippen LogP contribution in [0, 0.1) is 5.82 Å². The zero-order valence-corrected chi connectivity index (χ0v) is 18.4. The Balaban J connectivity index is 1.29. The van der Waals surface area contributed by atoms with E-state index in [0.717, 1.165) is 56.8 Å². The Morgan fingerprint density at radius 3 is 2.34 bits per heavy atom. The maximum atomic E-state index is 13.1. The van der Waals surface area contributed by atoms with Crippen LogP contribution in [0.25, 0.3) is 0 Å². The highest BCUT2D eigenvalue weighted by Crippen LogP contribution is 2.25. The smallest absolute Gasteiger partial charge is 0.247 e. The number of amides is 2. The molecule has 32 heavy (non-hydrogen) atoms. The topological polar surface area (TPSA) is 55.9 Å². The lowest BCUT2D eigenvalue weighted by Crippen LogP contribution is -2.50. The van der Waals surface area contributed by atoms with Gasteiger partial charge in [-0.05, 0) is 42.7 Å². The van der Waals surface area contributed by atoms with Crippen molar-refractivity contribution >= 4 is 17.5 Å². The van der Waals surface area contributed by atoms with Crippen molar-refractivity contribution in [3.8, 4) is 0 Å². The van der Waals surface area contributed by atoms with Gasteiger partial charge in [-0.1, -0.05) is 30.3 Å². The normalized spacial score (nSPS) is 18.5. The molecule has 2 saturated heterocycles. The lowest BCUT2D eigenvalue weighted by Gasteiger charge is -2.36. The first kappa shape index (κ1) is 22.3. The van der Waals surface area contributed by atoms with Gasteiger partial charge in [0.15, 0.2) is 0 Å². The van der Waals surface area contributed by atoms with Gasteiger partial charge in [0.2, 0.25) is 11.8 Å². The van der Waals surface area contributed by atoms with Gasteiger partial charge in [-0.25, -0.2) is 4.39 Å². The number of piperidine rings is 1. The molecule has 0 aliphatic carbocycles. The van der Waals surface area contributed by atoms with E-state index in [9.17, 15) is 14.0 Å². The average Bonchev–Trinajstić information content (AvgIpc) is 2.82. The van der Waals surface area contributed by atoms with Crippen molar-refractivity contribution in [3.63, 3.8) is 0 Å². The Morgan fingerprint density at radius 1 is 0.938 bits per heavy atom. The average molecular weight is 439 g/mol. The number of benzene rings is 2. The molecule has 1 atom stereocenters. The number of nitrogens with zero attached hydrogens (tertiary/aromatic N) is 3. The van der Waals surface area contributed by atoms with Crippen molar-refractivity contribution in [2.75, 3.05) is 50.7 Å². The van der Waals surface area contributed by atoms with E-state index < -0.39 is 6.04 Å². The second-order valence-electron chi connectivity index (χ2n) is 8.45. The second kappa shape index (κ2) is 10.6. The van der Waals surface area contributed by atoms with Crippen LogP contribution in [0.15, 0.2) is 54.6 Å². The summed E-state index contributed by atoms with van der Waals surface area (Å²) in [5, 5.41) is 3.07. The summed E-state index contributed by atoms with van der Waals surface area (Å²) in [7, 11) is 0. The Kier molecular flexibility index (Phi) is 7.37. The minimum absolute atomic E-state index is 0.0529. The van der Waals surface area contributed by atoms with Gasteiger partial charge in [0.25, 0.3) is 0 Å². The second-order valence-corrected chi connectivity index (χ2v) is 8.45. The molecule has 170 valence electrons. The molecule has 6 nitrogen and oxygen atoms in total. The van der Waals surface area contributed by atoms with Crippen LogP contribution in [-0.4, -0.2) is 67.4 Å². The van der Waals surface area contributed by atoms with Gasteiger partial charge in [-0.15, -0.1) is 0 Å². The number of hydrogen-bond acceptors (Lipinski definition) is 4. The van der Waals surface area contributed by atoms with E-state index in [1.165, 1.54) is 12.1 Å². The molecule has 7 heteroatoms. The molecule has 0 saturated carbocycles. The number of halogens is 1. The fourth-order valence-corrected chi connectivity index (χ4v) is 4.52. The van der Waals surface area contributed by atoms with E-state index >= 15 is 0 Å². The fourth-order valence-electron chi connectivity index (χ4n) is 4.52. The lowest BCUT2D eigenvalue weighted by molar-refractivity contribution is -0.142. The fraction of sp³-hybridized carbons (Fsp3) is 0.440. The standard InChI is InChI=1S/C25H31FN4O2/c26-21-9-11-22(12-10-21)29-18-16-28(17-19-29)15-13-27-25(32)24(20-6-2-1-3-7-20)30-14-5-4-8-23(30)31/h1-3,6-7,9-12,24H,4-5,8,13-19H2,(H,27,32). The molecule has 2 amide bonds. The lowest BCUT2D eigenvalue weighted by atomic mass is 10.0. The Morgan fingerprint density at radius 2 is 1.66 bits per heavy atom. The van der Waals surface area contributed by atoms with Gasteiger partial charge in [0, 0.05) is 57.9 Å². The van der Waals surface area contributed by atoms with Gasteiger partial charge in [0.1, 0.15) is 11.9 Å². The van der Waals surface area contributed by atoms with Crippen LogP contribution in [0.5, 0.6) is 0 Å². The monoisotopic (exact) mass is 438 g/mol. The molecule has 1 unspecified atom stereocenters. The van der Waals surface area contributed by atoms with E-state index in [2.05, 4.69) is 15.1 Å². The quantitative estimate of drug-likeness (QED) is 0.722. The third-order valence-corrected chi connectivity index (χ3v) is 6.33. The zero-order chi connectivity index (χ0) is 22.3. The molecule has 2 fully saturated rings. The molecule has 2 aliphatic heterocycles. The molecule has 2 aromatic carbocycles. The highest BCUT2D eigenvalue weighted by molar-refractivity contribution is 5.89. The number of rotatable bonds is 7. The zero-order valence-electron chi connectivity index (χ0n) is 18.4. The van der Waals surface area contributed by atoms with Gasteiger partial charge < -0.3 is 15.1 Å². The first-order valence-corrected chi connectivity index (χ1v) is 11.5. The summed E-state index contributed by atoms with van der Waals surface area (Å²) in [6.45, 7) is 5.44. The van der Waals surface area contributed by atoms with Crippen LogP contribution in [0.2, 0.25) is 0 Å². The minimum Gasteiger partial charge on any atom is -0.369 e. The summed E-state index contributed by atoms with van der Waals surface area (Å²) in [6.07, 6.45) is 2.33. The van der Waals surface area contributed by atoms with E-state index in [4.69, 9.17) is 0 Å². The Bertz CT molecular complexity index is 898. The van der Waals surface area contributed by atoms with E-state index in [1.54, 1.807) is 4.90 Å². The maximum absolute atomic E-state index is 13.1. The molecule has 2 aromatic rings. The molecule has 2 heterocycles. The molecular formula is C25H31FN4O2. The minimum atomic E-state index is -0.570. The molecule has 0 spiro atoms. The summed E-state index contributed by atoms with van der Waals surface area (Å²) < 4.78 is 13.1. The first-order chi connectivity index (χ1) is 15.6. The predicted octanol–water partition coefficient (Wildman–Crippen LogP) is 2.82. The molecule has 1 N–H and O–H groups in total. The number of nitrogens with one attached hydrogen (secondary N) is 1. The summed E-state index contributed by atoms with van der Waals surface area (Å²) in [6, 6.07) is 15.6. The number of hydrogen-bond donors (Lipinski definition) is 1. The van der Waals surface area contributed by atoms with Gasteiger partial charge in [-0.2, -0.15) is 0 Å². The Hall–Kier alpha value is -2.93. The molecule has 0 bridgehead atoms. The van der Waals surface area contributed by atoms with E-state index in [-0.39, 0.29) is 17.6 Å². The van der Waals surface area contributed by atoms with Crippen LogP contribution >= 0.6 is 0 Å². The molecule has 4 rings (SSSR count). The molecule has 2 aliphatic rings. The summed E-state index contributed by atoms with van der Waals surface area (Å²) in [4.78, 5) is 32.0.